The molecule has 2 aliphatic rings. The summed E-state index contributed by atoms with van der Waals surface area (Å²) >= 11 is 0. The zero-order valence-corrected chi connectivity index (χ0v) is 17.5. The molecule has 0 radical (unpaired) electrons. The van der Waals surface area contributed by atoms with Gasteiger partial charge in [0.25, 0.3) is 0 Å². The van der Waals surface area contributed by atoms with Crippen LogP contribution in [0, 0.1) is 15.9 Å². The second-order valence-corrected chi connectivity index (χ2v) is 8.02. The van der Waals surface area contributed by atoms with Gasteiger partial charge in [-0.2, -0.15) is 0 Å². The monoisotopic (exact) mass is 434 g/mol. The lowest BCUT2D eigenvalue weighted by molar-refractivity contribution is -0.383. The highest BCUT2D eigenvalue weighted by Crippen LogP contribution is 2.36. The van der Waals surface area contributed by atoms with Gasteiger partial charge >= 0.3 is 5.69 Å². The van der Waals surface area contributed by atoms with Crippen molar-refractivity contribution < 1.29 is 9.31 Å². The molecule has 1 aromatic heterocycles. The summed E-state index contributed by atoms with van der Waals surface area (Å²) in [6.07, 6.45) is 2.24. The van der Waals surface area contributed by atoms with Gasteiger partial charge in [0.05, 0.1) is 4.92 Å². The van der Waals surface area contributed by atoms with E-state index in [-0.39, 0.29) is 16.4 Å². The number of aromatic nitrogens is 2. The topological polar surface area (TPSA) is 78.6 Å². The maximum Gasteiger partial charge on any atom is 0.353 e. The predicted molar refractivity (Wildman–Crippen MR) is 121 cm³/mol. The summed E-state index contributed by atoms with van der Waals surface area (Å²) in [6, 6.07) is 14.6. The molecule has 0 atom stereocenters. The summed E-state index contributed by atoms with van der Waals surface area (Å²) in [6.45, 7) is 3.76. The Bertz CT molecular complexity index is 1130. The van der Waals surface area contributed by atoms with E-state index in [0.29, 0.717) is 50.9 Å². The average Bonchev–Trinajstić information content (AvgIpc) is 2.84. The van der Waals surface area contributed by atoms with E-state index in [1.165, 1.54) is 29.6 Å². The number of hydrogen-bond acceptors (Lipinski definition) is 7. The Morgan fingerprint density at radius 2 is 1.44 bits per heavy atom. The highest BCUT2D eigenvalue weighted by atomic mass is 19.1. The van der Waals surface area contributed by atoms with E-state index < -0.39 is 0 Å². The molecule has 0 N–H and O–H groups in total. The largest absolute Gasteiger partial charge is 0.368 e. The maximum absolute atomic E-state index is 13.2. The van der Waals surface area contributed by atoms with E-state index in [2.05, 4.69) is 27.0 Å². The van der Waals surface area contributed by atoms with Gasteiger partial charge in [0.15, 0.2) is 0 Å². The van der Waals surface area contributed by atoms with Crippen LogP contribution in [0.15, 0.2) is 54.9 Å². The quantitative estimate of drug-likeness (QED) is 0.460. The number of hydrogen-bond donors (Lipinski definition) is 0. The summed E-state index contributed by atoms with van der Waals surface area (Å²) in [5.74, 6) is 0.463. The van der Waals surface area contributed by atoms with Crippen LogP contribution in [0.4, 0.5) is 27.4 Å². The van der Waals surface area contributed by atoms with Crippen molar-refractivity contribution in [2.24, 2.45) is 0 Å². The number of benzene rings is 2. The molecule has 8 nitrogen and oxygen atoms in total. The van der Waals surface area contributed by atoms with Crippen LogP contribution in [0.2, 0.25) is 0 Å². The molecule has 0 unspecified atom stereocenters. The van der Waals surface area contributed by atoms with Crippen LogP contribution in [0.1, 0.15) is 11.1 Å². The van der Waals surface area contributed by atoms with Crippen molar-refractivity contribution in [2.45, 2.75) is 13.0 Å². The number of fused-ring (bicyclic) bond motifs is 1. The molecule has 1 saturated heterocycles. The van der Waals surface area contributed by atoms with Crippen molar-refractivity contribution in [3.8, 4) is 0 Å². The van der Waals surface area contributed by atoms with E-state index in [0.717, 1.165) is 12.1 Å². The number of piperazine rings is 1. The van der Waals surface area contributed by atoms with E-state index in [9.17, 15) is 14.5 Å². The first-order valence-electron chi connectivity index (χ1n) is 10.7. The van der Waals surface area contributed by atoms with Crippen LogP contribution < -0.4 is 14.7 Å². The summed E-state index contributed by atoms with van der Waals surface area (Å²) in [5.41, 5.74) is 3.34. The molecular weight excluding hydrogens is 411 g/mol. The highest BCUT2D eigenvalue weighted by Gasteiger charge is 2.32. The zero-order valence-electron chi connectivity index (χ0n) is 17.5. The van der Waals surface area contributed by atoms with Crippen LogP contribution in [0.25, 0.3) is 0 Å². The molecule has 9 heteroatoms. The van der Waals surface area contributed by atoms with Gasteiger partial charge in [0.1, 0.15) is 12.1 Å². The minimum absolute atomic E-state index is 0.0397. The smallest absolute Gasteiger partial charge is 0.353 e. The molecule has 2 aliphatic heterocycles. The molecular formula is C23H23FN6O2. The Kier molecular flexibility index (Phi) is 5.30. The van der Waals surface area contributed by atoms with Crippen LogP contribution in [-0.2, 0) is 13.0 Å². The molecule has 2 aromatic carbocycles. The summed E-state index contributed by atoms with van der Waals surface area (Å²) < 4.78 is 13.2. The van der Waals surface area contributed by atoms with Gasteiger partial charge < -0.3 is 14.7 Å². The van der Waals surface area contributed by atoms with Crippen molar-refractivity contribution in [1.29, 1.82) is 0 Å². The third-order valence-electron chi connectivity index (χ3n) is 6.17. The van der Waals surface area contributed by atoms with Crippen molar-refractivity contribution in [2.75, 3.05) is 47.4 Å². The molecule has 0 spiro atoms. The molecule has 32 heavy (non-hydrogen) atoms. The molecule has 5 rings (SSSR count). The first-order chi connectivity index (χ1) is 15.6. The van der Waals surface area contributed by atoms with E-state index in [4.69, 9.17) is 0 Å². The fraction of sp³-hybridized carbons (Fsp3) is 0.304. The molecule has 0 saturated carbocycles. The Balaban J connectivity index is 1.38. The van der Waals surface area contributed by atoms with Crippen LogP contribution in [0.5, 0.6) is 0 Å². The fourth-order valence-electron chi connectivity index (χ4n) is 4.49. The van der Waals surface area contributed by atoms with Crippen LogP contribution in [-0.4, -0.2) is 47.6 Å². The lowest BCUT2D eigenvalue weighted by Crippen LogP contribution is -2.47. The molecule has 3 heterocycles. The Morgan fingerprint density at radius 3 is 2.12 bits per heavy atom. The predicted octanol–water partition coefficient (Wildman–Crippen LogP) is 3.41. The SMILES string of the molecule is O=[N+]([O-])c1c(N2CCN(c3ccc(F)cc3)CC2)ncnc1N1CCc2ccccc2C1. The van der Waals surface area contributed by atoms with Crippen LogP contribution in [0.3, 0.4) is 0 Å². The minimum atomic E-state index is -0.364. The second-order valence-electron chi connectivity index (χ2n) is 8.02. The minimum Gasteiger partial charge on any atom is -0.368 e. The Morgan fingerprint density at radius 1 is 0.812 bits per heavy atom. The van der Waals surface area contributed by atoms with E-state index in [1.54, 1.807) is 12.1 Å². The number of anilines is 3. The Hall–Kier alpha value is -3.75. The van der Waals surface area contributed by atoms with Gasteiger partial charge in [-0.05, 0) is 41.8 Å². The van der Waals surface area contributed by atoms with Crippen molar-refractivity contribution in [1.82, 2.24) is 9.97 Å². The molecule has 0 amide bonds. The zero-order chi connectivity index (χ0) is 22.1. The summed E-state index contributed by atoms with van der Waals surface area (Å²) in [4.78, 5) is 26.5. The summed E-state index contributed by atoms with van der Waals surface area (Å²) in [7, 11) is 0. The van der Waals surface area contributed by atoms with Gasteiger partial charge in [-0.3, -0.25) is 10.1 Å². The fourth-order valence-corrected chi connectivity index (χ4v) is 4.49. The number of nitrogens with zero attached hydrogens (tertiary/aromatic N) is 6. The molecule has 0 bridgehead atoms. The van der Waals surface area contributed by atoms with Crippen LogP contribution >= 0.6 is 0 Å². The average molecular weight is 434 g/mol. The lowest BCUT2D eigenvalue weighted by atomic mass is 10.00. The maximum atomic E-state index is 13.2. The third-order valence-corrected chi connectivity index (χ3v) is 6.17. The molecule has 164 valence electrons. The number of halogens is 1. The Labute approximate surface area is 185 Å². The van der Waals surface area contributed by atoms with Gasteiger partial charge in [-0.15, -0.1) is 0 Å². The molecule has 3 aromatic rings. The number of nitro groups is 1. The highest BCUT2D eigenvalue weighted by molar-refractivity contribution is 5.72. The van der Waals surface area contributed by atoms with Gasteiger partial charge in [-0.1, -0.05) is 24.3 Å². The standard InChI is InChI=1S/C23H23FN6O2/c24-19-5-7-20(8-6-19)27-11-13-28(14-12-27)22-21(30(31)32)23(26-16-25-22)29-10-9-17-3-1-2-4-18(17)15-29/h1-8,16H,9-15H2. The third kappa shape index (κ3) is 3.81. The molecule has 1 fully saturated rings. The summed E-state index contributed by atoms with van der Waals surface area (Å²) in [5, 5.41) is 12.1. The van der Waals surface area contributed by atoms with Crippen molar-refractivity contribution in [3.05, 3.63) is 81.9 Å². The molecule has 0 aliphatic carbocycles. The number of rotatable bonds is 4. The van der Waals surface area contributed by atoms with E-state index in [1.807, 2.05) is 21.9 Å². The van der Waals surface area contributed by atoms with Crippen molar-refractivity contribution >= 4 is 23.0 Å². The van der Waals surface area contributed by atoms with Gasteiger partial charge in [-0.25, -0.2) is 14.4 Å². The normalized spacial score (nSPS) is 16.1. The first-order valence-corrected chi connectivity index (χ1v) is 10.7. The van der Waals surface area contributed by atoms with Gasteiger partial charge in [0, 0.05) is 45.0 Å². The van der Waals surface area contributed by atoms with Gasteiger partial charge in [0.2, 0.25) is 11.6 Å². The first kappa shape index (κ1) is 20.2. The lowest BCUT2D eigenvalue weighted by Gasteiger charge is -2.37. The van der Waals surface area contributed by atoms with Crippen molar-refractivity contribution in [3.63, 3.8) is 0 Å². The van der Waals surface area contributed by atoms with E-state index >= 15 is 0 Å². The second kappa shape index (κ2) is 8.41.